The highest BCUT2D eigenvalue weighted by molar-refractivity contribution is 5.95. The highest BCUT2D eigenvalue weighted by Gasteiger charge is 2.23. The van der Waals surface area contributed by atoms with Gasteiger partial charge in [0.25, 0.3) is 5.91 Å². The van der Waals surface area contributed by atoms with E-state index < -0.39 is 0 Å². The standard InChI is InChI=1S/C24H23N5O3/c1-31-21-9-7-19(17-18(21)6-8-20-5-3-4-12-25-20)24(30)29-15-13-28(14-16-29)22-10-11-23(32-2)27-26-22/h3-5,7,9-12,17H,13-16H2,1-2H3. The van der Waals surface area contributed by atoms with Gasteiger partial charge in [-0.05, 0) is 42.3 Å². The summed E-state index contributed by atoms with van der Waals surface area (Å²) in [5.41, 5.74) is 1.88. The number of carbonyl (C=O) groups excluding carboxylic acids is 1. The van der Waals surface area contributed by atoms with Crippen LogP contribution in [0.25, 0.3) is 0 Å². The first-order chi connectivity index (χ1) is 15.7. The van der Waals surface area contributed by atoms with Crippen LogP contribution in [-0.4, -0.2) is 66.4 Å². The number of amides is 1. The van der Waals surface area contributed by atoms with Crippen LogP contribution in [0.15, 0.2) is 54.7 Å². The van der Waals surface area contributed by atoms with Crippen molar-refractivity contribution in [2.24, 2.45) is 0 Å². The van der Waals surface area contributed by atoms with E-state index >= 15 is 0 Å². The number of carbonyl (C=O) groups is 1. The average Bonchev–Trinajstić information content (AvgIpc) is 2.87. The number of hydrogen-bond acceptors (Lipinski definition) is 7. The van der Waals surface area contributed by atoms with Crippen LogP contribution in [0.4, 0.5) is 5.82 Å². The predicted octanol–water partition coefficient (Wildman–Crippen LogP) is 2.25. The van der Waals surface area contributed by atoms with Gasteiger partial charge in [-0.25, -0.2) is 4.98 Å². The molecule has 1 aliphatic heterocycles. The third-order valence-electron chi connectivity index (χ3n) is 5.16. The van der Waals surface area contributed by atoms with Crippen LogP contribution < -0.4 is 14.4 Å². The summed E-state index contributed by atoms with van der Waals surface area (Å²) in [4.78, 5) is 21.3. The summed E-state index contributed by atoms with van der Waals surface area (Å²) < 4.78 is 10.5. The third-order valence-corrected chi connectivity index (χ3v) is 5.16. The minimum Gasteiger partial charge on any atom is -0.495 e. The van der Waals surface area contributed by atoms with E-state index in [-0.39, 0.29) is 5.91 Å². The fraction of sp³-hybridized carbons (Fsp3) is 0.250. The summed E-state index contributed by atoms with van der Waals surface area (Å²) in [6, 6.07) is 14.5. The monoisotopic (exact) mass is 429 g/mol. The summed E-state index contributed by atoms with van der Waals surface area (Å²) >= 11 is 0. The van der Waals surface area contributed by atoms with Gasteiger partial charge < -0.3 is 19.3 Å². The number of ether oxygens (including phenoxy) is 2. The zero-order chi connectivity index (χ0) is 22.3. The maximum Gasteiger partial charge on any atom is 0.254 e. The first kappa shape index (κ1) is 21.1. The Kier molecular flexibility index (Phi) is 6.46. The van der Waals surface area contributed by atoms with Crippen LogP contribution in [-0.2, 0) is 0 Å². The van der Waals surface area contributed by atoms with Crippen molar-refractivity contribution in [1.29, 1.82) is 0 Å². The Morgan fingerprint density at radius 1 is 0.938 bits per heavy atom. The first-order valence-electron chi connectivity index (χ1n) is 10.2. The van der Waals surface area contributed by atoms with Gasteiger partial charge in [-0.2, -0.15) is 0 Å². The minimum absolute atomic E-state index is 0.0333. The second-order valence-corrected chi connectivity index (χ2v) is 7.09. The van der Waals surface area contributed by atoms with Crippen molar-refractivity contribution in [2.45, 2.75) is 0 Å². The van der Waals surface area contributed by atoms with Crippen molar-refractivity contribution in [1.82, 2.24) is 20.1 Å². The lowest BCUT2D eigenvalue weighted by Gasteiger charge is -2.35. The van der Waals surface area contributed by atoms with Crippen LogP contribution >= 0.6 is 0 Å². The molecule has 1 aromatic carbocycles. The van der Waals surface area contributed by atoms with E-state index in [0.29, 0.717) is 54.6 Å². The van der Waals surface area contributed by atoms with Gasteiger partial charge in [0.05, 0.1) is 19.8 Å². The number of methoxy groups -OCH3 is 2. The minimum atomic E-state index is -0.0333. The fourth-order valence-corrected chi connectivity index (χ4v) is 3.42. The fourth-order valence-electron chi connectivity index (χ4n) is 3.42. The molecule has 32 heavy (non-hydrogen) atoms. The molecule has 1 amide bonds. The van der Waals surface area contributed by atoms with E-state index in [2.05, 4.69) is 31.9 Å². The van der Waals surface area contributed by atoms with Crippen molar-refractivity contribution in [3.8, 4) is 23.5 Å². The number of hydrogen-bond donors (Lipinski definition) is 0. The number of pyridine rings is 1. The smallest absolute Gasteiger partial charge is 0.254 e. The summed E-state index contributed by atoms with van der Waals surface area (Å²) in [5, 5.41) is 8.21. The van der Waals surface area contributed by atoms with E-state index in [1.165, 1.54) is 0 Å². The number of piperazine rings is 1. The average molecular weight is 429 g/mol. The molecule has 1 aliphatic rings. The number of benzene rings is 1. The van der Waals surface area contributed by atoms with Gasteiger partial charge in [-0.3, -0.25) is 4.79 Å². The summed E-state index contributed by atoms with van der Waals surface area (Å²) in [7, 11) is 3.15. The number of aromatic nitrogens is 3. The van der Waals surface area contributed by atoms with Crippen molar-refractivity contribution in [3.63, 3.8) is 0 Å². The number of nitrogens with zero attached hydrogens (tertiary/aromatic N) is 5. The largest absolute Gasteiger partial charge is 0.495 e. The zero-order valence-corrected chi connectivity index (χ0v) is 18.0. The molecule has 2 aromatic heterocycles. The molecule has 162 valence electrons. The van der Waals surface area contributed by atoms with Crippen LogP contribution in [0.3, 0.4) is 0 Å². The highest BCUT2D eigenvalue weighted by Crippen LogP contribution is 2.21. The van der Waals surface area contributed by atoms with Gasteiger partial charge in [-0.15, -0.1) is 10.2 Å². The van der Waals surface area contributed by atoms with Gasteiger partial charge in [-0.1, -0.05) is 12.0 Å². The van der Waals surface area contributed by atoms with Crippen LogP contribution in [0.2, 0.25) is 0 Å². The molecular formula is C24H23N5O3. The SMILES string of the molecule is COc1ccc(N2CCN(C(=O)c3ccc(OC)c(C#Cc4ccccn4)c3)CC2)nn1. The van der Waals surface area contributed by atoms with E-state index in [4.69, 9.17) is 9.47 Å². The molecule has 0 aliphatic carbocycles. The summed E-state index contributed by atoms with van der Waals surface area (Å²) in [5.74, 6) is 7.93. The maximum atomic E-state index is 13.1. The third kappa shape index (κ3) is 4.78. The van der Waals surface area contributed by atoms with E-state index in [0.717, 1.165) is 5.82 Å². The van der Waals surface area contributed by atoms with Gasteiger partial charge in [0.15, 0.2) is 5.82 Å². The van der Waals surface area contributed by atoms with Gasteiger partial charge >= 0.3 is 0 Å². The molecule has 8 heteroatoms. The molecule has 8 nitrogen and oxygen atoms in total. The molecule has 0 unspecified atom stereocenters. The number of rotatable bonds is 4. The summed E-state index contributed by atoms with van der Waals surface area (Å²) in [6.45, 7) is 2.53. The molecule has 0 N–H and O–H groups in total. The Labute approximate surface area is 186 Å². The Morgan fingerprint density at radius 2 is 1.78 bits per heavy atom. The maximum absolute atomic E-state index is 13.1. The Morgan fingerprint density at radius 3 is 2.44 bits per heavy atom. The Balaban J connectivity index is 1.46. The lowest BCUT2D eigenvalue weighted by molar-refractivity contribution is 0.0746. The topological polar surface area (TPSA) is 80.7 Å². The number of anilines is 1. The van der Waals surface area contributed by atoms with Gasteiger partial charge in [0, 0.05) is 44.0 Å². The Hall–Kier alpha value is -4.12. The molecule has 0 bridgehead atoms. The normalized spacial score (nSPS) is 13.2. The van der Waals surface area contributed by atoms with Gasteiger partial charge in [0.1, 0.15) is 11.4 Å². The van der Waals surface area contributed by atoms with Crippen molar-refractivity contribution in [2.75, 3.05) is 45.3 Å². The zero-order valence-electron chi connectivity index (χ0n) is 18.0. The second kappa shape index (κ2) is 9.79. The predicted molar refractivity (Wildman–Crippen MR) is 120 cm³/mol. The van der Waals surface area contributed by atoms with Crippen molar-refractivity contribution < 1.29 is 14.3 Å². The van der Waals surface area contributed by atoms with E-state index in [1.807, 2.05) is 29.2 Å². The molecule has 3 aromatic rings. The van der Waals surface area contributed by atoms with Crippen molar-refractivity contribution >= 4 is 11.7 Å². The quantitative estimate of drug-likeness (QED) is 0.589. The molecule has 0 radical (unpaired) electrons. The van der Waals surface area contributed by atoms with E-state index in [9.17, 15) is 4.79 Å². The highest BCUT2D eigenvalue weighted by atomic mass is 16.5. The second-order valence-electron chi connectivity index (χ2n) is 7.09. The van der Waals surface area contributed by atoms with Crippen LogP contribution in [0.5, 0.6) is 11.6 Å². The molecule has 4 rings (SSSR count). The van der Waals surface area contributed by atoms with Crippen LogP contribution in [0.1, 0.15) is 21.6 Å². The molecule has 1 saturated heterocycles. The summed E-state index contributed by atoms with van der Waals surface area (Å²) in [6.07, 6.45) is 1.69. The molecule has 1 fully saturated rings. The Bertz CT molecular complexity index is 1130. The van der Waals surface area contributed by atoms with Crippen molar-refractivity contribution in [3.05, 3.63) is 71.5 Å². The van der Waals surface area contributed by atoms with Crippen LogP contribution in [0, 0.1) is 11.8 Å². The molecule has 3 heterocycles. The first-order valence-corrected chi connectivity index (χ1v) is 10.2. The molecule has 0 saturated carbocycles. The lowest BCUT2D eigenvalue weighted by atomic mass is 10.1. The molecule has 0 spiro atoms. The molecular weight excluding hydrogens is 406 g/mol. The van der Waals surface area contributed by atoms with E-state index in [1.54, 1.807) is 44.7 Å². The van der Waals surface area contributed by atoms with Gasteiger partial charge in [0.2, 0.25) is 5.88 Å². The lowest BCUT2D eigenvalue weighted by Crippen LogP contribution is -2.49. The molecule has 0 atom stereocenters.